The number of rotatable bonds is 2. The van der Waals surface area contributed by atoms with Crippen molar-refractivity contribution in [1.82, 2.24) is 15.1 Å². The Morgan fingerprint density at radius 2 is 2.00 bits per heavy atom. The summed E-state index contributed by atoms with van der Waals surface area (Å²) in [4.78, 5) is 28.6. The van der Waals surface area contributed by atoms with Gasteiger partial charge in [-0.05, 0) is 25.7 Å². The highest BCUT2D eigenvalue weighted by Crippen LogP contribution is 2.30. The van der Waals surface area contributed by atoms with E-state index in [1.54, 1.807) is 0 Å². The number of carbonyl (C=O) groups excluding carboxylic acids is 2. The van der Waals surface area contributed by atoms with Crippen molar-refractivity contribution in [1.29, 1.82) is 0 Å². The van der Waals surface area contributed by atoms with E-state index in [1.807, 2.05) is 9.80 Å². The van der Waals surface area contributed by atoms with Crippen LogP contribution in [0.2, 0.25) is 0 Å². The number of nitrogens with zero attached hydrogens (tertiary/aromatic N) is 2. The molecule has 3 aliphatic rings. The first-order valence-electron chi connectivity index (χ1n) is 8.19. The standard InChI is InChI=1S/C15H26N4O2/c16-15(5-1-2-6-15)14(21)18-8-3-4-12(11-18)19-9-7-17-10-13(19)20/h12,17H,1-11,16H2. The van der Waals surface area contributed by atoms with Gasteiger partial charge in [0.2, 0.25) is 11.8 Å². The van der Waals surface area contributed by atoms with Crippen LogP contribution in [-0.4, -0.2) is 65.9 Å². The Hall–Kier alpha value is -1.14. The van der Waals surface area contributed by atoms with Gasteiger partial charge in [-0.2, -0.15) is 0 Å². The van der Waals surface area contributed by atoms with Gasteiger partial charge >= 0.3 is 0 Å². The minimum Gasteiger partial charge on any atom is -0.339 e. The van der Waals surface area contributed by atoms with Gasteiger partial charge in [-0.25, -0.2) is 0 Å². The molecule has 2 aliphatic heterocycles. The molecule has 0 aromatic rings. The van der Waals surface area contributed by atoms with E-state index in [9.17, 15) is 9.59 Å². The van der Waals surface area contributed by atoms with E-state index in [0.29, 0.717) is 13.1 Å². The number of hydrogen-bond acceptors (Lipinski definition) is 4. The summed E-state index contributed by atoms with van der Waals surface area (Å²) in [7, 11) is 0. The Morgan fingerprint density at radius 3 is 2.71 bits per heavy atom. The van der Waals surface area contributed by atoms with Crippen molar-refractivity contribution in [3.63, 3.8) is 0 Å². The van der Waals surface area contributed by atoms with Crippen LogP contribution in [0.4, 0.5) is 0 Å². The monoisotopic (exact) mass is 294 g/mol. The molecule has 6 nitrogen and oxygen atoms in total. The van der Waals surface area contributed by atoms with Crippen LogP contribution >= 0.6 is 0 Å². The molecule has 118 valence electrons. The minimum atomic E-state index is -0.643. The first kappa shape index (κ1) is 14.8. The molecule has 2 heterocycles. The van der Waals surface area contributed by atoms with Gasteiger partial charge in [0.05, 0.1) is 12.1 Å². The molecule has 3 N–H and O–H groups in total. The molecule has 3 rings (SSSR count). The summed E-state index contributed by atoms with van der Waals surface area (Å²) < 4.78 is 0. The number of piperidine rings is 1. The van der Waals surface area contributed by atoms with Gasteiger partial charge in [-0.15, -0.1) is 0 Å². The lowest BCUT2D eigenvalue weighted by Gasteiger charge is -2.43. The number of hydrogen-bond donors (Lipinski definition) is 2. The van der Waals surface area contributed by atoms with Crippen molar-refractivity contribution in [3.05, 3.63) is 0 Å². The molecule has 6 heteroatoms. The molecule has 3 fully saturated rings. The fraction of sp³-hybridized carbons (Fsp3) is 0.867. The molecule has 1 aliphatic carbocycles. The highest BCUT2D eigenvalue weighted by atomic mass is 16.2. The van der Waals surface area contributed by atoms with Crippen LogP contribution in [0.15, 0.2) is 0 Å². The molecular weight excluding hydrogens is 268 g/mol. The summed E-state index contributed by atoms with van der Waals surface area (Å²) in [6, 6.07) is 0.169. The van der Waals surface area contributed by atoms with Gasteiger partial charge in [0.15, 0.2) is 0 Å². The summed E-state index contributed by atoms with van der Waals surface area (Å²) in [5, 5.41) is 3.10. The smallest absolute Gasteiger partial charge is 0.242 e. The van der Waals surface area contributed by atoms with E-state index in [4.69, 9.17) is 5.73 Å². The van der Waals surface area contributed by atoms with Crippen molar-refractivity contribution in [2.45, 2.75) is 50.1 Å². The highest BCUT2D eigenvalue weighted by Gasteiger charge is 2.42. The normalized spacial score (nSPS) is 29.8. The summed E-state index contributed by atoms with van der Waals surface area (Å²) in [5.74, 6) is 0.260. The predicted molar refractivity (Wildman–Crippen MR) is 79.6 cm³/mol. The van der Waals surface area contributed by atoms with Crippen molar-refractivity contribution in [3.8, 4) is 0 Å². The molecule has 0 aromatic carbocycles. The second kappa shape index (κ2) is 5.93. The summed E-state index contributed by atoms with van der Waals surface area (Å²) in [6.45, 7) is 3.46. The first-order chi connectivity index (χ1) is 10.1. The maximum absolute atomic E-state index is 12.7. The fourth-order valence-electron chi connectivity index (χ4n) is 3.94. The van der Waals surface area contributed by atoms with Crippen molar-refractivity contribution in [2.24, 2.45) is 5.73 Å². The van der Waals surface area contributed by atoms with Gasteiger partial charge in [-0.3, -0.25) is 9.59 Å². The quantitative estimate of drug-likeness (QED) is 0.732. The lowest BCUT2D eigenvalue weighted by molar-refractivity contribution is -0.143. The third-order valence-electron chi connectivity index (χ3n) is 5.17. The number of nitrogens with two attached hydrogens (primary N) is 1. The van der Waals surface area contributed by atoms with Gasteiger partial charge in [-0.1, -0.05) is 12.8 Å². The second-order valence-electron chi connectivity index (χ2n) is 6.67. The maximum atomic E-state index is 12.7. The van der Waals surface area contributed by atoms with Crippen LogP contribution in [0.25, 0.3) is 0 Å². The Morgan fingerprint density at radius 1 is 1.24 bits per heavy atom. The lowest BCUT2D eigenvalue weighted by Crippen LogP contribution is -2.61. The average molecular weight is 294 g/mol. The van der Waals surface area contributed by atoms with Crippen molar-refractivity contribution >= 4 is 11.8 Å². The zero-order chi connectivity index (χ0) is 14.9. The second-order valence-corrected chi connectivity index (χ2v) is 6.67. The molecule has 2 amide bonds. The highest BCUT2D eigenvalue weighted by molar-refractivity contribution is 5.86. The molecule has 0 aromatic heterocycles. The zero-order valence-corrected chi connectivity index (χ0v) is 12.6. The van der Waals surface area contributed by atoms with Crippen LogP contribution in [0.3, 0.4) is 0 Å². The largest absolute Gasteiger partial charge is 0.339 e. The molecule has 21 heavy (non-hydrogen) atoms. The third-order valence-corrected chi connectivity index (χ3v) is 5.17. The molecule has 1 unspecified atom stereocenters. The number of amides is 2. The van der Waals surface area contributed by atoms with Crippen LogP contribution in [0.5, 0.6) is 0 Å². The van der Waals surface area contributed by atoms with E-state index in [0.717, 1.165) is 58.2 Å². The molecule has 0 radical (unpaired) electrons. The molecule has 0 bridgehead atoms. The van der Waals surface area contributed by atoms with E-state index >= 15 is 0 Å². The van der Waals surface area contributed by atoms with Crippen molar-refractivity contribution in [2.75, 3.05) is 32.7 Å². The Bertz CT molecular complexity index is 420. The number of nitrogens with one attached hydrogen (secondary N) is 1. The first-order valence-corrected chi connectivity index (χ1v) is 8.19. The summed E-state index contributed by atoms with van der Waals surface area (Å²) in [6.07, 6.45) is 5.67. The lowest BCUT2D eigenvalue weighted by atomic mass is 9.94. The molecule has 1 atom stereocenters. The zero-order valence-electron chi connectivity index (χ0n) is 12.6. The fourth-order valence-corrected chi connectivity index (χ4v) is 3.94. The van der Waals surface area contributed by atoms with E-state index < -0.39 is 5.54 Å². The SMILES string of the molecule is NC1(C(=O)N2CCCC(N3CCNCC3=O)C2)CCCC1. The van der Waals surface area contributed by atoms with Gasteiger partial charge in [0, 0.05) is 32.2 Å². The van der Waals surface area contributed by atoms with Gasteiger partial charge < -0.3 is 20.9 Å². The van der Waals surface area contributed by atoms with E-state index in [-0.39, 0.29) is 17.9 Å². The van der Waals surface area contributed by atoms with E-state index in [1.165, 1.54) is 0 Å². The Labute approximate surface area is 126 Å². The summed E-state index contributed by atoms with van der Waals surface area (Å²) >= 11 is 0. The predicted octanol–water partition coefficient (Wildman–Crippen LogP) is -0.319. The Balaban J connectivity index is 1.65. The van der Waals surface area contributed by atoms with Gasteiger partial charge in [0.25, 0.3) is 0 Å². The van der Waals surface area contributed by atoms with Crippen LogP contribution in [-0.2, 0) is 9.59 Å². The molecule has 1 saturated carbocycles. The van der Waals surface area contributed by atoms with E-state index in [2.05, 4.69) is 5.32 Å². The number of piperazine rings is 1. The molecular formula is C15H26N4O2. The maximum Gasteiger partial charge on any atom is 0.242 e. The number of carbonyl (C=O) groups is 2. The average Bonchev–Trinajstić information content (AvgIpc) is 2.95. The number of likely N-dealkylation sites (tertiary alicyclic amines) is 1. The molecule has 2 saturated heterocycles. The van der Waals surface area contributed by atoms with Crippen LogP contribution in [0, 0.1) is 0 Å². The van der Waals surface area contributed by atoms with Crippen LogP contribution < -0.4 is 11.1 Å². The van der Waals surface area contributed by atoms with Gasteiger partial charge in [0.1, 0.15) is 0 Å². The Kier molecular flexibility index (Phi) is 4.17. The minimum absolute atomic E-state index is 0.104. The summed E-state index contributed by atoms with van der Waals surface area (Å²) in [5.41, 5.74) is 5.66. The van der Waals surface area contributed by atoms with Crippen molar-refractivity contribution < 1.29 is 9.59 Å². The topological polar surface area (TPSA) is 78.7 Å². The molecule has 0 spiro atoms. The van der Waals surface area contributed by atoms with Crippen LogP contribution in [0.1, 0.15) is 38.5 Å². The third kappa shape index (κ3) is 2.92.